The number of amides is 1. The van der Waals surface area contributed by atoms with Crippen molar-refractivity contribution in [3.8, 4) is 0 Å². The van der Waals surface area contributed by atoms with Crippen LogP contribution in [0, 0.1) is 0 Å². The zero-order valence-corrected chi connectivity index (χ0v) is 12.3. The summed E-state index contributed by atoms with van der Waals surface area (Å²) >= 11 is 1.62. The Bertz CT molecular complexity index is 611. The molecule has 0 N–H and O–H groups in total. The van der Waals surface area contributed by atoms with Crippen molar-refractivity contribution in [2.75, 3.05) is 11.4 Å². The number of hydrogen-bond acceptors (Lipinski definition) is 2. The Kier molecular flexibility index (Phi) is 3.79. The van der Waals surface area contributed by atoms with Crippen LogP contribution in [0.4, 0.5) is 5.69 Å². The summed E-state index contributed by atoms with van der Waals surface area (Å²) in [6, 6.07) is 18.3. The van der Waals surface area contributed by atoms with Gasteiger partial charge in [0.2, 0.25) is 5.91 Å². The largest absolute Gasteiger partial charge is 0.311 e. The van der Waals surface area contributed by atoms with Crippen molar-refractivity contribution < 1.29 is 4.79 Å². The highest BCUT2D eigenvalue weighted by Gasteiger charge is 2.27. The third-order valence-corrected chi connectivity index (χ3v) is 4.66. The summed E-state index contributed by atoms with van der Waals surface area (Å²) < 4.78 is 0. The van der Waals surface area contributed by atoms with E-state index in [2.05, 4.69) is 6.07 Å². The van der Waals surface area contributed by atoms with Gasteiger partial charge in [-0.15, -0.1) is 11.8 Å². The van der Waals surface area contributed by atoms with Gasteiger partial charge in [0.15, 0.2) is 0 Å². The summed E-state index contributed by atoms with van der Waals surface area (Å²) in [5.74, 6) is 0.198. The van der Waals surface area contributed by atoms with Crippen molar-refractivity contribution in [1.29, 1.82) is 0 Å². The van der Waals surface area contributed by atoms with Crippen LogP contribution in [-0.4, -0.2) is 17.7 Å². The van der Waals surface area contributed by atoms with Crippen molar-refractivity contribution in [3.63, 3.8) is 0 Å². The molecule has 0 bridgehead atoms. The lowest BCUT2D eigenvalue weighted by atomic mass is 10.2. The molecule has 0 unspecified atom stereocenters. The normalized spacial score (nSPS) is 14.9. The fraction of sp³-hybridized carbons (Fsp3) is 0.235. The van der Waals surface area contributed by atoms with Crippen molar-refractivity contribution in [3.05, 3.63) is 60.2 Å². The molecule has 1 heterocycles. The summed E-state index contributed by atoms with van der Waals surface area (Å²) in [6.45, 7) is 2.79. The zero-order chi connectivity index (χ0) is 13.9. The zero-order valence-electron chi connectivity index (χ0n) is 11.5. The van der Waals surface area contributed by atoms with E-state index in [-0.39, 0.29) is 11.2 Å². The van der Waals surface area contributed by atoms with E-state index < -0.39 is 0 Å². The van der Waals surface area contributed by atoms with E-state index in [9.17, 15) is 4.79 Å². The minimum Gasteiger partial charge on any atom is -0.311 e. The molecule has 1 aliphatic rings. The molecule has 0 fully saturated rings. The smallest absolute Gasteiger partial charge is 0.240 e. The number of rotatable bonds is 3. The molecule has 0 saturated heterocycles. The van der Waals surface area contributed by atoms with Gasteiger partial charge < -0.3 is 4.90 Å². The minimum absolute atomic E-state index is 0.0662. The van der Waals surface area contributed by atoms with E-state index in [0.29, 0.717) is 0 Å². The molecule has 1 aliphatic heterocycles. The Labute approximate surface area is 123 Å². The van der Waals surface area contributed by atoms with E-state index in [1.807, 2.05) is 60.4 Å². The molecule has 1 atom stereocenters. The lowest BCUT2D eigenvalue weighted by Gasteiger charge is -2.21. The average molecular weight is 283 g/mol. The molecule has 3 heteroatoms. The number of nitrogens with zero attached hydrogens (tertiary/aromatic N) is 1. The fourth-order valence-electron chi connectivity index (χ4n) is 2.54. The van der Waals surface area contributed by atoms with Crippen LogP contribution in [0.3, 0.4) is 0 Å². The summed E-state index contributed by atoms with van der Waals surface area (Å²) in [6.07, 6.45) is 0.963. The molecule has 0 radical (unpaired) electrons. The van der Waals surface area contributed by atoms with Gasteiger partial charge >= 0.3 is 0 Å². The predicted molar refractivity (Wildman–Crippen MR) is 84.3 cm³/mol. The van der Waals surface area contributed by atoms with Gasteiger partial charge in [-0.1, -0.05) is 36.4 Å². The first-order valence-electron chi connectivity index (χ1n) is 6.87. The second-order valence-corrected chi connectivity index (χ2v) is 6.36. The number of para-hydroxylation sites is 1. The molecule has 20 heavy (non-hydrogen) atoms. The molecule has 2 nitrogen and oxygen atoms in total. The van der Waals surface area contributed by atoms with Crippen LogP contribution in [0.15, 0.2) is 59.5 Å². The lowest BCUT2D eigenvalue weighted by Crippen LogP contribution is -2.35. The molecule has 0 saturated carbocycles. The third-order valence-electron chi connectivity index (χ3n) is 3.56. The average Bonchev–Trinajstić information content (AvgIpc) is 2.91. The Morgan fingerprint density at radius 3 is 2.60 bits per heavy atom. The van der Waals surface area contributed by atoms with Crippen molar-refractivity contribution in [2.45, 2.75) is 23.5 Å². The Morgan fingerprint density at radius 2 is 1.80 bits per heavy atom. The molecule has 0 aromatic heterocycles. The molecule has 3 rings (SSSR count). The SMILES string of the molecule is C[C@@H](Sc1ccccc1)C(=O)N1CCc2ccccc21. The number of fused-ring (bicyclic) bond motifs is 1. The van der Waals surface area contributed by atoms with E-state index in [1.54, 1.807) is 11.8 Å². The summed E-state index contributed by atoms with van der Waals surface area (Å²) in [4.78, 5) is 15.7. The van der Waals surface area contributed by atoms with Crippen LogP contribution in [-0.2, 0) is 11.2 Å². The standard InChI is InChI=1S/C17H17NOS/c1-13(20-15-8-3-2-4-9-15)17(19)18-12-11-14-7-5-6-10-16(14)18/h2-10,13H,11-12H2,1H3/t13-/m1/s1. The van der Waals surface area contributed by atoms with Crippen LogP contribution in [0.5, 0.6) is 0 Å². The maximum absolute atomic E-state index is 12.6. The van der Waals surface area contributed by atoms with Gasteiger partial charge in [-0.05, 0) is 37.1 Å². The first kappa shape index (κ1) is 13.3. The van der Waals surface area contributed by atoms with E-state index >= 15 is 0 Å². The van der Waals surface area contributed by atoms with Crippen LogP contribution in [0.1, 0.15) is 12.5 Å². The second kappa shape index (κ2) is 5.71. The fourth-order valence-corrected chi connectivity index (χ4v) is 3.49. The highest BCUT2D eigenvalue weighted by atomic mass is 32.2. The van der Waals surface area contributed by atoms with Crippen LogP contribution in [0.25, 0.3) is 0 Å². The monoisotopic (exact) mass is 283 g/mol. The maximum atomic E-state index is 12.6. The van der Waals surface area contributed by atoms with Gasteiger partial charge in [0.05, 0.1) is 5.25 Å². The Morgan fingerprint density at radius 1 is 1.10 bits per heavy atom. The summed E-state index contributed by atoms with van der Waals surface area (Å²) in [5, 5.41) is -0.0662. The first-order chi connectivity index (χ1) is 9.75. The molecule has 0 spiro atoms. The number of carbonyl (C=O) groups excluding carboxylic acids is 1. The van der Waals surface area contributed by atoms with Gasteiger partial charge in [-0.2, -0.15) is 0 Å². The lowest BCUT2D eigenvalue weighted by molar-refractivity contribution is -0.117. The second-order valence-electron chi connectivity index (χ2n) is 4.94. The van der Waals surface area contributed by atoms with Gasteiger partial charge in [0.1, 0.15) is 0 Å². The van der Waals surface area contributed by atoms with Gasteiger partial charge in [-0.3, -0.25) is 4.79 Å². The van der Waals surface area contributed by atoms with E-state index in [4.69, 9.17) is 0 Å². The van der Waals surface area contributed by atoms with Crippen molar-refractivity contribution in [1.82, 2.24) is 0 Å². The van der Waals surface area contributed by atoms with Crippen molar-refractivity contribution >= 4 is 23.4 Å². The molecule has 0 aliphatic carbocycles. The Hall–Kier alpha value is -1.74. The number of benzene rings is 2. The van der Waals surface area contributed by atoms with Gasteiger partial charge in [0.25, 0.3) is 0 Å². The van der Waals surface area contributed by atoms with Crippen LogP contribution in [0.2, 0.25) is 0 Å². The highest BCUT2D eigenvalue weighted by molar-refractivity contribution is 8.00. The third kappa shape index (κ3) is 2.59. The minimum atomic E-state index is -0.0662. The van der Waals surface area contributed by atoms with E-state index in [1.165, 1.54) is 5.56 Å². The summed E-state index contributed by atoms with van der Waals surface area (Å²) in [7, 11) is 0. The summed E-state index contributed by atoms with van der Waals surface area (Å²) in [5.41, 5.74) is 2.36. The number of hydrogen-bond donors (Lipinski definition) is 0. The van der Waals surface area contributed by atoms with E-state index in [0.717, 1.165) is 23.5 Å². The number of carbonyl (C=O) groups is 1. The molecule has 2 aromatic rings. The topological polar surface area (TPSA) is 20.3 Å². The molecular weight excluding hydrogens is 266 g/mol. The van der Waals surface area contributed by atoms with Gasteiger partial charge in [0, 0.05) is 17.1 Å². The quantitative estimate of drug-likeness (QED) is 0.799. The van der Waals surface area contributed by atoms with Crippen LogP contribution >= 0.6 is 11.8 Å². The molecule has 2 aromatic carbocycles. The first-order valence-corrected chi connectivity index (χ1v) is 7.74. The molecule has 1 amide bonds. The predicted octanol–water partition coefficient (Wildman–Crippen LogP) is 3.76. The maximum Gasteiger partial charge on any atom is 0.240 e. The van der Waals surface area contributed by atoms with Crippen LogP contribution < -0.4 is 4.90 Å². The molecular formula is C17H17NOS. The number of anilines is 1. The van der Waals surface area contributed by atoms with Crippen molar-refractivity contribution in [2.24, 2.45) is 0 Å². The number of thioether (sulfide) groups is 1. The Balaban J connectivity index is 1.74. The van der Waals surface area contributed by atoms with Gasteiger partial charge in [-0.25, -0.2) is 0 Å². The highest BCUT2D eigenvalue weighted by Crippen LogP contribution is 2.31. The molecule has 102 valence electrons.